The van der Waals surface area contributed by atoms with Gasteiger partial charge in [0, 0.05) is 19.1 Å². The van der Waals surface area contributed by atoms with Crippen molar-refractivity contribution in [3.63, 3.8) is 0 Å². The third-order valence-electron chi connectivity index (χ3n) is 6.28. The number of hydrogen-bond acceptors (Lipinski definition) is 3. The second-order valence-corrected chi connectivity index (χ2v) is 9.74. The van der Waals surface area contributed by atoms with Gasteiger partial charge >= 0.3 is 6.09 Å². The summed E-state index contributed by atoms with van der Waals surface area (Å²) in [7, 11) is 6.32. The summed E-state index contributed by atoms with van der Waals surface area (Å²) in [6, 6.07) is 10.8. The SMILES string of the molecule is CN(CCC1CCC(CCc2ccccc2)(N(C)C)CC1)C(=O)OC(C)(C)C. The fourth-order valence-electron chi connectivity index (χ4n) is 4.25. The Morgan fingerprint density at radius 1 is 1.11 bits per heavy atom. The standard InChI is InChI=1S/C24H40N2O2/c1-23(2,3)28-22(27)26(6)19-15-21-13-17-24(18-14-21,25(4)5)16-12-20-10-8-7-9-11-20/h7-11,21H,12-19H2,1-6H3. The highest BCUT2D eigenvalue weighted by Crippen LogP contribution is 2.39. The van der Waals surface area contributed by atoms with Crippen molar-refractivity contribution < 1.29 is 9.53 Å². The molecule has 0 aliphatic heterocycles. The second kappa shape index (κ2) is 9.78. The third-order valence-corrected chi connectivity index (χ3v) is 6.28. The van der Waals surface area contributed by atoms with Crippen LogP contribution in [0.5, 0.6) is 0 Å². The van der Waals surface area contributed by atoms with Crippen molar-refractivity contribution in [2.45, 2.75) is 76.9 Å². The zero-order chi connectivity index (χ0) is 20.8. The number of carbonyl (C=O) groups is 1. The van der Waals surface area contributed by atoms with E-state index in [2.05, 4.69) is 49.3 Å². The number of nitrogens with zero attached hydrogens (tertiary/aromatic N) is 2. The van der Waals surface area contributed by atoms with Crippen LogP contribution in [-0.2, 0) is 11.2 Å². The van der Waals surface area contributed by atoms with Crippen LogP contribution in [0, 0.1) is 5.92 Å². The molecule has 28 heavy (non-hydrogen) atoms. The van der Waals surface area contributed by atoms with Crippen LogP contribution in [0.4, 0.5) is 4.79 Å². The highest BCUT2D eigenvalue weighted by molar-refractivity contribution is 5.67. The summed E-state index contributed by atoms with van der Waals surface area (Å²) >= 11 is 0. The van der Waals surface area contributed by atoms with Gasteiger partial charge in [-0.3, -0.25) is 0 Å². The lowest BCUT2D eigenvalue weighted by Crippen LogP contribution is -2.47. The van der Waals surface area contributed by atoms with Gasteiger partial charge in [-0.25, -0.2) is 4.79 Å². The molecule has 1 aliphatic rings. The molecule has 1 aromatic carbocycles. The first-order valence-corrected chi connectivity index (χ1v) is 10.8. The van der Waals surface area contributed by atoms with Gasteiger partial charge in [0.2, 0.25) is 0 Å². The molecule has 0 aromatic heterocycles. The minimum absolute atomic E-state index is 0.214. The molecule has 0 spiro atoms. The monoisotopic (exact) mass is 388 g/mol. The number of rotatable bonds is 7. The van der Waals surface area contributed by atoms with Gasteiger partial charge in [-0.05, 0) is 91.3 Å². The highest BCUT2D eigenvalue weighted by atomic mass is 16.6. The van der Waals surface area contributed by atoms with E-state index in [0.717, 1.165) is 19.4 Å². The molecule has 158 valence electrons. The Morgan fingerprint density at radius 2 is 1.71 bits per heavy atom. The molecule has 1 aliphatic carbocycles. The molecule has 1 saturated carbocycles. The van der Waals surface area contributed by atoms with Crippen LogP contribution >= 0.6 is 0 Å². The van der Waals surface area contributed by atoms with Crippen LogP contribution < -0.4 is 0 Å². The van der Waals surface area contributed by atoms with Gasteiger partial charge in [-0.1, -0.05) is 30.3 Å². The Hall–Kier alpha value is -1.55. The molecule has 1 aromatic rings. The summed E-state index contributed by atoms with van der Waals surface area (Å²) in [6.07, 6.45) is 8.19. The molecule has 2 rings (SSSR count). The van der Waals surface area contributed by atoms with Gasteiger partial charge in [0.15, 0.2) is 0 Å². The van der Waals surface area contributed by atoms with E-state index in [1.165, 1.54) is 37.7 Å². The lowest BCUT2D eigenvalue weighted by atomic mass is 9.72. The quantitative estimate of drug-likeness (QED) is 0.630. The van der Waals surface area contributed by atoms with E-state index >= 15 is 0 Å². The zero-order valence-electron chi connectivity index (χ0n) is 18.8. The second-order valence-electron chi connectivity index (χ2n) is 9.74. The molecule has 1 amide bonds. The van der Waals surface area contributed by atoms with Crippen LogP contribution in [0.25, 0.3) is 0 Å². The molecule has 0 saturated heterocycles. The Balaban J connectivity index is 1.81. The fourth-order valence-corrected chi connectivity index (χ4v) is 4.25. The van der Waals surface area contributed by atoms with E-state index in [4.69, 9.17) is 4.74 Å². The predicted octanol–water partition coefficient (Wildman–Crippen LogP) is 5.37. The Labute approximate surface area is 172 Å². The van der Waals surface area contributed by atoms with Crippen LogP contribution in [0.1, 0.15) is 64.9 Å². The van der Waals surface area contributed by atoms with E-state index in [-0.39, 0.29) is 6.09 Å². The maximum absolute atomic E-state index is 12.1. The van der Waals surface area contributed by atoms with E-state index in [9.17, 15) is 4.79 Å². The molecule has 0 radical (unpaired) electrons. The number of aryl methyl sites for hydroxylation is 1. The fraction of sp³-hybridized carbons (Fsp3) is 0.708. The summed E-state index contributed by atoms with van der Waals surface area (Å²) in [5, 5.41) is 0. The van der Waals surface area contributed by atoms with Gasteiger partial charge in [0.1, 0.15) is 5.60 Å². The third kappa shape index (κ3) is 6.80. The van der Waals surface area contributed by atoms with Gasteiger partial charge in [0.25, 0.3) is 0 Å². The van der Waals surface area contributed by atoms with Gasteiger partial charge in [0.05, 0.1) is 0 Å². The van der Waals surface area contributed by atoms with Crippen molar-refractivity contribution in [3.05, 3.63) is 35.9 Å². The zero-order valence-corrected chi connectivity index (χ0v) is 18.8. The first kappa shape index (κ1) is 22.7. The molecule has 1 fully saturated rings. The van der Waals surface area contributed by atoms with E-state index in [0.29, 0.717) is 11.5 Å². The van der Waals surface area contributed by atoms with Gasteiger partial charge < -0.3 is 14.5 Å². The average Bonchev–Trinajstić information content (AvgIpc) is 2.64. The van der Waals surface area contributed by atoms with Crippen molar-refractivity contribution in [2.75, 3.05) is 27.7 Å². The molecule has 0 unspecified atom stereocenters. The van der Waals surface area contributed by atoms with Crippen LogP contribution in [0.15, 0.2) is 30.3 Å². The summed E-state index contributed by atoms with van der Waals surface area (Å²) in [4.78, 5) is 16.3. The molecular formula is C24H40N2O2. The van der Waals surface area contributed by atoms with Crippen molar-refractivity contribution in [1.29, 1.82) is 0 Å². The number of benzene rings is 1. The van der Waals surface area contributed by atoms with Gasteiger partial charge in [-0.15, -0.1) is 0 Å². The minimum atomic E-state index is -0.430. The molecule has 0 atom stereocenters. The topological polar surface area (TPSA) is 32.8 Å². The normalized spacial score (nSPS) is 22.9. The smallest absolute Gasteiger partial charge is 0.410 e. The first-order chi connectivity index (χ1) is 13.1. The van der Waals surface area contributed by atoms with E-state index in [1.807, 2.05) is 27.8 Å². The number of ether oxygens (including phenoxy) is 1. The van der Waals surface area contributed by atoms with E-state index < -0.39 is 5.60 Å². The Bertz CT molecular complexity index is 599. The van der Waals surface area contributed by atoms with Crippen LogP contribution in [0.3, 0.4) is 0 Å². The van der Waals surface area contributed by atoms with Crippen molar-refractivity contribution >= 4 is 6.09 Å². The summed E-state index contributed by atoms with van der Waals surface area (Å²) < 4.78 is 5.46. The Morgan fingerprint density at radius 3 is 2.25 bits per heavy atom. The molecule has 0 bridgehead atoms. The minimum Gasteiger partial charge on any atom is -0.444 e. The van der Waals surface area contributed by atoms with Gasteiger partial charge in [-0.2, -0.15) is 0 Å². The number of carbonyl (C=O) groups excluding carboxylic acids is 1. The highest BCUT2D eigenvalue weighted by Gasteiger charge is 2.36. The molecule has 4 nitrogen and oxygen atoms in total. The van der Waals surface area contributed by atoms with Crippen molar-refractivity contribution in [1.82, 2.24) is 9.80 Å². The lowest BCUT2D eigenvalue weighted by Gasteiger charge is -2.45. The predicted molar refractivity (Wildman–Crippen MR) is 117 cm³/mol. The van der Waals surface area contributed by atoms with E-state index in [1.54, 1.807) is 4.90 Å². The summed E-state index contributed by atoms with van der Waals surface area (Å²) in [5.41, 5.74) is 1.31. The van der Waals surface area contributed by atoms with Crippen molar-refractivity contribution in [3.8, 4) is 0 Å². The maximum Gasteiger partial charge on any atom is 0.410 e. The molecular weight excluding hydrogens is 348 g/mol. The number of hydrogen-bond donors (Lipinski definition) is 0. The molecule has 0 heterocycles. The Kier molecular flexibility index (Phi) is 7.94. The van der Waals surface area contributed by atoms with Crippen LogP contribution in [-0.4, -0.2) is 54.7 Å². The summed E-state index contributed by atoms with van der Waals surface area (Å²) in [5.74, 6) is 0.703. The van der Waals surface area contributed by atoms with Crippen LogP contribution in [0.2, 0.25) is 0 Å². The molecule has 0 N–H and O–H groups in total. The lowest BCUT2D eigenvalue weighted by molar-refractivity contribution is 0.0271. The van der Waals surface area contributed by atoms with Crippen molar-refractivity contribution in [2.24, 2.45) is 5.92 Å². The molecule has 4 heteroatoms. The number of amides is 1. The summed E-state index contributed by atoms with van der Waals surface area (Å²) in [6.45, 7) is 6.51. The average molecular weight is 389 g/mol. The maximum atomic E-state index is 12.1. The first-order valence-electron chi connectivity index (χ1n) is 10.8. The largest absolute Gasteiger partial charge is 0.444 e.